The Kier molecular flexibility index (Phi) is 4.55. The van der Waals surface area contributed by atoms with E-state index in [-0.39, 0.29) is 0 Å². The van der Waals surface area contributed by atoms with Crippen LogP contribution in [0.3, 0.4) is 0 Å². The Bertz CT molecular complexity index is 359. The molecule has 2 heterocycles. The third-order valence-corrected chi connectivity index (χ3v) is 3.41. The van der Waals surface area contributed by atoms with Gasteiger partial charge in [-0.3, -0.25) is 0 Å². The van der Waals surface area contributed by atoms with E-state index in [1.54, 1.807) is 13.1 Å². The van der Waals surface area contributed by atoms with Crippen molar-refractivity contribution in [1.82, 2.24) is 4.98 Å². The molecule has 1 N–H and O–H groups in total. The second kappa shape index (κ2) is 6.16. The number of ether oxygens (including phenoxy) is 1. The summed E-state index contributed by atoms with van der Waals surface area (Å²) in [5.74, 6) is 0.956. The maximum Gasteiger partial charge on any atom is 0.128 e. The van der Waals surface area contributed by atoms with Crippen molar-refractivity contribution < 1.29 is 9.84 Å². The van der Waals surface area contributed by atoms with Gasteiger partial charge in [-0.25, -0.2) is 4.98 Å². The first-order valence-corrected chi connectivity index (χ1v) is 6.71. The Balaban J connectivity index is 2.02. The fourth-order valence-corrected chi connectivity index (χ4v) is 2.25. The summed E-state index contributed by atoms with van der Waals surface area (Å²) in [6, 6.07) is 3.91. The normalized spacial score (nSPS) is 20.9. The van der Waals surface area contributed by atoms with Gasteiger partial charge in [0.25, 0.3) is 0 Å². The molecule has 0 saturated carbocycles. The topological polar surface area (TPSA) is 45.6 Å². The number of aliphatic hydroxyl groups excluding tert-OH is 1. The van der Waals surface area contributed by atoms with E-state index in [1.165, 1.54) is 0 Å². The van der Waals surface area contributed by atoms with Crippen molar-refractivity contribution in [3.05, 3.63) is 23.9 Å². The van der Waals surface area contributed by atoms with E-state index in [0.717, 1.165) is 43.9 Å². The van der Waals surface area contributed by atoms with Crippen molar-refractivity contribution in [2.24, 2.45) is 0 Å². The smallest absolute Gasteiger partial charge is 0.128 e. The van der Waals surface area contributed by atoms with E-state index in [9.17, 15) is 5.11 Å². The molecule has 1 aliphatic rings. The third-order valence-electron chi connectivity index (χ3n) is 3.41. The van der Waals surface area contributed by atoms with E-state index in [1.807, 2.05) is 12.1 Å². The number of anilines is 1. The Morgan fingerprint density at radius 2 is 2.39 bits per heavy atom. The lowest BCUT2D eigenvalue weighted by Gasteiger charge is -2.25. The van der Waals surface area contributed by atoms with E-state index >= 15 is 0 Å². The molecule has 4 heteroatoms. The molecule has 1 aromatic heterocycles. The SMILES string of the molecule is CCN(CC1CCCO1)c1ccc([C@@H](C)O)cn1. The minimum atomic E-state index is -0.459. The molecule has 0 bridgehead atoms. The summed E-state index contributed by atoms with van der Waals surface area (Å²) >= 11 is 0. The minimum absolute atomic E-state index is 0.336. The molecule has 2 rings (SSSR count). The van der Waals surface area contributed by atoms with Gasteiger partial charge < -0.3 is 14.7 Å². The summed E-state index contributed by atoms with van der Waals surface area (Å²) in [6.07, 6.45) is 3.93. The number of hydrogen-bond acceptors (Lipinski definition) is 4. The number of aromatic nitrogens is 1. The molecule has 18 heavy (non-hydrogen) atoms. The molecule has 4 nitrogen and oxygen atoms in total. The lowest BCUT2D eigenvalue weighted by Crippen LogP contribution is -2.32. The van der Waals surface area contributed by atoms with Crippen LogP contribution in [0.1, 0.15) is 38.4 Å². The summed E-state index contributed by atoms with van der Waals surface area (Å²) in [4.78, 5) is 6.65. The van der Waals surface area contributed by atoms with Crippen molar-refractivity contribution in [3.63, 3.8) is 0 Å². The molecule has 0 spiro atoms. The molecule has 0 aliphatic carbocycles. The Hall–Kier alpha value is -1.13. The van der Waals surface area contributed by atoms with Crippen LogP contribution < -0.4 is 4.90 Å². The second-order valence-electron chi connectivity index (χ2n) is 4.80. The first kappa shape index (κ1) is 13.3. The molecule has 1 unspecified atom stereocenters. The summed E-state index contributed by atoms with van der Waals surface area (Å²) in [6.45, 7) is 6.58. The van der Waals surface area contributed by atoms with Crippen LogP contribution >= 0.6 is 0 Å². The number of hydrogen-bond donors (Lipinski definition) is 1. The van der Waals surface area contributed by atoms with E-state index in [4.69, 9.17) is 4.74 Å². The predicted molar refractivity (Wildman–Crippen MR) is 71.7 cm³/mol. The fourth-order valence-electron chi connectivity index (χ4n) is 2.25. The third kappa shape index (κ3) is 3.21. The van der Waals surface area contributed by atoms with Gasteiger partial charge in [0, 0.05) is 25.9 Å². The predicted octanol–water partition coefficient (Wildman–Crippen LogP) is 2.14. The van der Waals surface area contributed by atoms with Crippen molar-refractivity contribution in [2.75, 3.05) is 24.6 Å². The van der Waals surface area contributed by atoms with Gasteiger partial charge in [0.2, 0.25) is 0 Å². The summed E-state index contributed by atoms with van der Waals surface area (Å²) in [5.41, 5.74) is 0.854. The van der Waals surface area contributed by atoms with Crippen LogP contribution in [0.2, 0.25) is 0 Å². The number of rotatable bonds is 5. The summed E-state index contributed by atoms with van der Waals surface area (Å²) < 4.78 is 5.66. The largest absolute Gasteiger partial charge is 0.389 e. The quantitative estimate of drug-likeness (QED) is 0.869. The molecular formula is C14H22N2O2. The highest BCUT2D eigenvalue weighted by Gasteiger charge is 2.19. The van der Waals surface area contributed by atoms with Gasteiger partial charge in [0.15, 0.2) is 0 Å². The highest BCUT2D eigenvalue weighted by atomic mass is 16.5. The summed E-state index contributed by atoms with van der Waals surface area (Å²) in [7, 11) is 0. The van der Waals surface area contributed by atoms with Gasteiger partial charge in [-0.1, -0.05) is 6.07 Å². The average molecular weight is 250 g/mol. The molecule has 2 atom stereocenters. The van der Waals surface area contributed by atoms with Crippen LogP contribution in [-0.2, 0) is 4.74 Å². The minimum Gasteiger partial charge on any atom is -0.389 e. The Labute approximate surface area is 109 Å². The van der Waals surface area contributed by atoms with Crippen molar-refractivity contribution in [1.29, 1.82) is 0 Å². The number of aliphatic hydroxyl groups is 1. The van der Waals surface area contributed by atoms with Gasteiger partial charge in [-0.15, -0.1) is 0 Å². The second-order valence-corrected chi connectivity index (χ2v) is 4.80. The lowest BCUT2D eigenvalue weighted by molar-refractivity contribution is 0.115. The Morgan fingerprint density at radius 3 is 2.89 bits per heavy atom. The average Bonchev–Trinajstić information content (AvgIpc) is 2.89. The zero-order valence-corrected chi connectivity index (χ0v) is 11.2. The van der Waals surface area contributed by atoms with Crippen LogP contribution in [0.5, 0.6) is 0 Å². The molecule has 1 aromatic rings. The maximum atomic E-state index is 9.47. The number of likely N-dealkylation sites (N-methyl/N-ethyl adjacent to an activating group) is 1. The molecule has 0 amide bonds. The van der Waals surface area contributed by atoms with Gasteiger partial charge >= 0.3 is 0 Å². The van der Waals surface area contributed by atoms with Crippen molar-refractivity contribution in [2.45, 2.75) is 38.9 Å². The van der Waals surface area contributed by atoms with Gasteiger partial charge in [0.1, 0.15) is 5.82 Å². The van der Waals surface area contributed by atoms with Crippen LogP contribution in [0.4, 0.5) is 5.82 Å². The zero-order valence-electron chi connectivity index (χ0n) is 11.2. The van der Waals surface area contributed by atoms with Gasteiger partial charge in [0.05, 0.1) is 12.2 Å². The molecule has 1 fully saturated rings. The van der Waals surface area contributed by atoms with Crippen LogP contribution in [0.25, 0.3) is 0 Å². The highest BCUT2D eigenvalue weighted by Crippen LogP contribution is 2.19. The zero-order chi connectivity index (χ0) is 13.0. The van der Waals surface area contributed by atoms with Crippen LogP contribution in [0, 0.1) is 0 Å². The number of pyridine rings is 1. The highest BCUT2D eigenvalue weighted by molar-refractivity contribution is 5.39. The van der Waals surface area contributed by atoms with E-state index in [0.29, 0.717) is 6.10 Å². The molecule has 1 aliphatic heterocycles. The summed E-state index contributed by atoms with van der Waals surface area (Å²) in [5, 5.41) is 9.47. The molecule has 100 valence electrons. The van der Waals surface area contributed by atoms with Crippen molar-refractivity contribution >= 4 is 5.82 Å². The molecular weight excluding hydrogens is 228 g/mol. The molecule has 0 radical (unpaired) electrons. The van der Waals surface area contributed by atoms with E-state index in [2.05, 4.69) is 16.8 Å². The standard InChI is InChI=1S/C14H22N2O2/c1-3-16(10-13-5-4-8-18-13)14-7-6-12(9-15-14)11(2)17/h6-7,9,11,13,17H,3-5,8,10H2,1-2H3/t11-,13?/m1/s1. The lowest BCUT2D eigenvalue weighted by atomic mass is 10.2. The molecule has 1 saturated heterocycles. The van der Waals surface area contributed by atoms with Crippen LogP contribution in [0.15, 0.2) is 18.3 Å². The first-order valence-electron chi connectivity index (χ1n) is 6.71. The number of nitrogens with zero attached hydrogens (tertiary/aromatic N) is 2. The first-order chi connectivity index (χ1) is 8.70. The van der Waals surface area contributed by atoms with Crippen LogP contribution in [-0.4, -0.2) is 35.9 Å². The van der Waals surface area contributed by atoms with E-state index < -0.39 is 6.10 Å². The van der Waals surface area contributed by atoms with Crippen molar-refractivity contribution in [3.8, 4) is 0 Å². The monoisotopic (exact) mass is 250 g/mol. The van der Waals surface area contributed by atoms with Gasteiger partial charge in [-0.05, 0) is 38.3 Å². The molecule has 0 aromatic carbocycles. The fraction of sp³-hybridized carbons (Fsp3) is 0.643. The maximum absolute atomic E-state index is 9.47. The van der Waals surface area contributed by atoms with Gasteiger partial charge in [-0.2, -0.15) is 0 Å². The Morgan fingerprint density at radius 1 is 1.56 bits per heavy atom.